The Morgan fingerprint density at radius 2 is 1.96 bits per heavy atom. The molecule has 2 aromatic rings. The van der Waals surface area contributed by atoms with Gasteiger partial charge in [-0.25, -0.2) is 9.97 Å². The molecule has 0 aliphatic carbocycles. The minimum Gasteiger partial charge on any atom is -0.388 e. The Morgan fingerprint density at radius 3 is 2.74 bits per heavy atom. The SMILES string of the molecule is OC1(CN2CCC(c3[nH]nc4nccnc34)CC2)CCOCC1. The van der Waals surface area contributed by atoms with Gasteiger partial charge in [0.25, 0.3) is 0 Å². The van der Waals surface area contributed by atoms with Gasteiger partial charge in [0.2, 0.25) is 0 Å². The largest absolute Gasteiger partial charge is 0.388 e. The third kappa shape index (κ3) is 3.08. The summed E-state index contributed by atoms with van der Waals surface area (Å²) in [5.41, 5.74) is 2.13. The van der Waals surface area contributed by atoms with Crippen LogP contribution in [0.2, 0.25) is 0 Å². The Labute approximate surface area is 135 Å². The molecule has 7 heteroatoms. The van der Waals surface area contributed by atoms with Crippen LogP contribution >= 0.6 is 0 Å². The van der Waals surface area contributed by atoms with E-state index >= 15 is 0 Å². The molecule has 0 spiro atoms. The summed E-state index contributed by atoms with van der Waals surface area (Å²) < 4.78 is 5.36. The number of ether oxygens (including phenoxy) is 1. The highest BCUT2D eigenvalue weighted by molar-refractivity contribution is 5.72. The molecule has 0 radical (unpaired) electrons. The van der Waals surface area contributed by atoms with E-state index in [1.54, 1.807) is 12.4 Å². The molecule has 2 aromatic heterocycles. The molecule has 2 aliphatic rings. The minimum atomic E-state index is -0.572. The first kappa shape index (κ1) is 15.0. The summed E-state index contributed by atoms with van der Waals surface area (Å²) >= 11 is 0. The predicted octanol–water partition coefficient (Wildman–Crippen LogP) is 1.07. The van der Waals surface area contributed by atoms with Gasteiger partial charge in [0.1, 0.15) is 5.52 Å². The van der Waals surface area contributed by atoms with Gasteiger partial charge < -0.3 is 14.7 Å². The molecular weight excluding hydrogens is 294 g/mol. The lowest BCUT2D eigenvalue weighted by Crippen LogP contribution is -2.48. The van der Waals surface area contributed by atoms with Crippen molar-refractivity contribution in [2.45, 2.75) is 37.2 Å². The zero-order valence-electron chi connectivity index (χ0n) is 13.2. The van der Waals surface area contributed by atoms with Crippen LogP contribution in [0.25, 0.3) is 11.2 Å². The van der Waals surface area contributed by atoms with E-state index in [4.69, 9.17) is 4.74 Å². The number of nitrogens with zero attached hydrogens (tertiary/aromatic N) is 4. The number of hydrogen-bond acceptors (Lipinski definition) is 6. The summed E-state index contributed by atoms with van der Waals surface area (Å²) in [6.45, 7) is 4.09. The van der Waals surface area contributed by atoms with Crippen LogP contribution in [0.3, 0.4) is 0 Å². The van der Waals surface area contributed by atoms with Gasteiger partial charge in [-0.1, -0.05) is 0 Å². The van der Waals surface area contributed by atoms with E-state index < -0.39 is 5.60 Å². The number of hydrogen-bond donors (Lipinski definition) is 2. The van der Waals surface area contributed by atoms with Crippen molar-refractivity contribution in [3.63, 3.8) is 0 Å². The Morgan fingerprint density at radius 1 is 1.22 bits per heavy atom. The van der Waals surface area contributed by atoms with Crippen molar-refractivity contribution in [3.8, 4) is 0 Å². The topological polar surface area (TPSA) is 87.2 Å². The second-order valence-electron chi connectivity index (χ2n) is 6.75. The first-order chi connectivity index (χ1) is 11.2. The molecule has 23 heavy (non-hydrogen) atoms. The molecule has 0 bridgehead atoms. The highest BCUT2D eigenvalue weighted by atomic mass is 16.5. The van der Waals surface area contributed by atoms with Crippen molar-refractivity contribution in [2.24, 2.45) is 0 Å². The normalized spacial score (nSPS) is 23.3. The summed E-state index contributed by atoms with van der Waals surface area (Å²) in [5, 5.41) is 18.0. The summed E-state index contributed by atoms with van der Waals surface area (Å²) in [6, 6.07) is 0. The van der Waals surface area contributed by atoms with Crippen molar-refractivity contribution in [1.82, 2.24) is 25.1 Å². The summed E-state index contributed by atoms with van der Waals surface area (Å²) in [6.07, 6.45) is 6.99. The standard InChI is InChI=1S/C16H23N5O2/c22-16(3-9-23-10-4-16)11-21-7-1-12(2-8-21)13-14-15(20-19-13)18-6-5-17-14/h5-6,12,22H,1-4,7-11H2,(H,18,19,20). The Hall–Kier alpha value is -1.57. The molecule has 0 amide bonds. The number of β-amino-alcohol motifs (C(OH)–C–C–N with tert-alkyl or cyclic N) is 1. The van der Waals surface area contributed by atoms with Gasteiger partial charge in [-0.05, 0) is 25.9 Å². The lowest BCUT2D eigenvalue weighted by molar-refractivity contribution is -0.0821. The van der Waals surface area contributed by atoms with Crippen LogP contribution in [0.5, 0.6) is 0 Å². The zero-order chi connectivity index (χ0) is 15.7. The number of aromatic amines is 1. The van der Waals surface area contributed by atoms with Gasteiger partial charge in [-0.2, -0.15) is 5.10 Å². The first-order valence-electron chi connectivity index (χ1n) is 8.41. The van der Waals surface area contributed by atoms with Crippen LogP contribution in [-0.4, -0.2) is 68.6 Å². The Bertz CT molecular complexity index is 659. The van der Waals surface area contributed by atoms with Crippen LogP contribution < -0.4 is 0 Å². The van der Waals surface area contributed by atoms with Crippen molar-refractivity contribution >= 4 is 11.2 Å². The van der Waals surface area contributed by atoms with E-state index in [2.05, 4.69) is 25.1 Å². The Kier molecular flexibility index (Phi) is 4.00. The van der Waals surface area contributed by atoms with Gasteiger partial charge in [-0.15, -0.1) is 0 Å². The Balaban J connectivity index is 1.39. The number of aromatic nitrogens is 4. The smallest absolute Gasteiger partial charge is 0.199 e. The lowest BCUT2D eigenvalue weighted by atomic mass is 9.89. The number of fused-ring (bicyclic) bond motifs is 1. The average Bonchev–Trinajstić information content (AvgIpc) is 3.00. The molecule has 0 unspecified atom stereocenters. The molecule has 2 aliphatic heterocycles. The van der Waals surface area contributed by atoms with E-state index in [9.17, 15) is 5.11 Å². The fourth-order valence-corrected chi connectivity index (χ4v) is 3.76. The number of aliphatic hydroxyl groups is 1. The summed E-state index contributed by atoms with van der Waals surface area (Å²) in [4.78, 5) is 11.0. The van der Waals surface area contributed by atoms with Gasteiger partial charge >= 0.3 is 0 Å². The molecular formula is C16H23N5O2. The predicted molar refractivity (Wildman–Crippen MR) is 85.1 cm³/mol. The first-order valence-corrected chi connectivity index (χ1v) is 8.41. The quantitative estimate of drug-likeness (QED) is 0.881. The second kappa shape index (κ2) is 6.14. The number of rotatable bonds is 3. The number of H-pyrrole nitrogens is 1. The van der Waals surface area contributed by atoms with Crippen LogP contribution in [-0.2, 0) is 4.74 Å². The lowest BCUT2D eigenvalue weighted by Gasteiger charge is -2.39. The number of likely N-dealkylation sites (tertiary alicyclic amines) is 1. The third-order valence-corrected chi connectivity index (χ3v) is 5.15. The highest BCUT2D eigenvalue weighted by Crippen LogP contribution is 2.31. The molecule has 4 heterocycles. The van der Waals surface area contributed by atoms with E-state index in [0.717, 1.165) is 56.5 Å². The van der Waals surface area contributed by atoms with Crippen molar-refractivity contribution < 1.29 is 9.84 Å². The molecule has 4 rings (SSSR count). The maximum absolute atomic E-state index is 10.7. The monoisotopic (exact) mass is 317 g/mol. The van der Waals surface area contributed by atoms with Crippen molar-refractivity contribution in [2.75, 3.05) is 32.8 Å². The molecule has 2 saturated heterocycles. The van der Waals surface area contributed by atoms with E-state index in [0.29, 0.717) is 24.8 Å². The molecule has 0 atom stereocenters. The molecule has 2 N–H and O–H groups in total. The van der Waals surface area contributed by atoms with E-state index in [-0.39, 0.29) is 0 Å². The van der Waals surface area contributed by atoms with Crippen LogP contribution in [0.1, 0.15) is 37.3 Å². The van der Waals surface area contributed by atoms with Gasteiger partial charge in [0.05, 0.1) is 11.3 Å². The minimum absolute atomic E-state index is 0.442. The van der Waals surface area contributed by atoms with Crippen molar-refractivity contribution in [1.29, 1.82) is 0 Å². The fourth-order valence-electron chi connectivity index (χ4n) is 3.76. The second-order valence-corrected chi connectivity index (χ2v) is 6.75. The summed E-state index contributed by atoms with van der Waals surface area (Å²) in [7, 11) is 0. The van der Waals surface area contributed by atoms with Gasteiger partial charge in [-0.3, -0.25) is 5.10 Å². The summed E-state index contributed by atoms with van der Waals surface area (Å²) in [5.74, 6) is 0.442. The number of piperidine rings is 1. The van der Waals surface area contributed by atoms with E-state index in [1.807, 2.05) is 0 Å². The number of nitrogens with one attached hydrogen (secondary N) is 1. The average molecular weight is 317 g/mol. The maximum atomic E-state index is 10.7. The molecule has 2 fully saturated rings. The highest BCUT2D eigenvalue weighted by Gasteiger charge is 2.34. The van der Waals surface area contributed by atoms with Gasteiger partial charge in [0.15, 0.2) is 5.65 Å². The third-order valence-electron chi connectivity index (χ3n) is 5.15. The van der Waals surface area contributed by atoms with Crippen LogP contribution in [0, 0.1) is 0 Å². The molecule has 124 valence electrons. The zero-order valence-corrected chi connectivity index (χ0v) is 13.2. The van der Waals surface area contributed by atoms with E-state index in [1.165, 1.54) is 0 Å². The molecule has 0 aromatic carbocycles. The molecule has 7 nitrogen and oxygen atoms in total. The molecule has 0 saturated carbocycles. The van der Waals surface area contributed by atoms with Crippen LogP contribution in [0.4, 0.5) is 0 Å². The maximum Gasteiger partial charge on any atom is 0.199 e. The fraction of sp³-hybridized carbons (Fsp3) is 0.688. The van der Waals surface area contributed by atoms with Gasteiger partial charge in [0, 0.05) is 50.9 Å². The van der Waals surface area contributed by atoms with Crippen LogP contribution in [0.15, 0.2) is 12.4 Å². The van der Waals surface area contributed by atoms with Crippen molar-refractivity contribution in [3.05, 3.63) is 18.1 Å².